The standard InChI is InChI=1S/C44H29N3/c45-29-30-14-19-36(20-15-30)46(38-23-24-40-34(27-38)26-33-8-4-5-11-39(33)40)37-21-16-31(17-22-37)32-18-25-44-42(28-32)41-12-6-7-13-43(41)47(44)35-9-2-1-3-10-35/h1-25,27-28H,26H2. The molecule has 1 aliphatic rings. The lowest BCUT2D eigenvalue weighted by atomic mass is 10.0. The second-order valence-electron chi connectivity index (χ2n) is 12.1. The van der Waals surface area contributed by atoms with Gasteiger partial charge in [-0.15, -0.1) is 0 Å². The van der Waals surface area contributed by atoms with Gasteiger partial charge in [-0.25, -0.2) is 0 Å². The first-order chi connectivity index (χ1) is 23.2. The lowest BCUT2D eigenvalue weighted by molar-refractivity contribution is 1.18. The van der Waals surface area contributed by atoms with Crippen LogP contribution in [-0.4, -0.2) is 4.57 Å². The fourth-order valence-electron chi connectivity index (χ4n) is 7.21. The molecule has 7 aromatic carbocycles. The van der Waals surface area contributed by atoms with Gasteiger partial charge in [0.1, 0.15) is 0 Å². The largest absolute Gasteiger partial charge is 0.310 e. The minimum atomic E-state index is 0.650. The summed E-state index contributed by atoms with van der Waals surface area (Å²) < 4.78 is 2.35. The summed E-state index contributed by atoms with van der Waals surface area (Å²) in [5.74, 6) is 0. The van der Waals surface area contributed by atoms with Gasteiger partial charge in [-0.05, 0) is 119 Å². The summed E-state index contributed by atoms with van der Waals surface area (Å²) in [5, 5.41) is 11.9. The number of aromatic nitrogens is 1. The highest BCUT2D eigenvalue weighted by Crippen LogP contribution is 2.42. The third kappa shape index (κ3) is 4.50. The first kappa shape index (κ1) is 27.0. The predicted molar refractivity (Wildman–Crippen MR) is 194 cm³/mol. The molecule has 0 aliphatic heterocycles. The van der Waals surface area contributed by atoms with E-state index in [1.54, 1.807) is 0 Å². The van der Waals surface area contributed by atoms with Crippen LogP contribution in [0.1, 0.15) is 16.7 Å². The van der Waals surface area contributed by atoms with Crippen molar-refractivity contribution in [2.24, 2.45) is 0 Å². The highest BCUT2D eigenvalue weighted by atomic mass is 15.1. The van der Waals surface area contributed by atoms with Gasteiger partial charge < -0.3 is 9.47 Å². The maximum Gasteiger partial charge on any atom is 0.0991 e. The average molecular weight is 600 g/mol. The normalized spacial score (nSPS) is 11.7. The Morgan fingerprint density at radius 1 is 0.489 bits per heavy atom. The molecule has 47 heavy (non-hydrogen) atoms. The van der Waals surface area contributed by atoms with Crippen LogP contribution >= 0.6 is 0 Å². The quantitative estimate of drug-likeness (QED) is 0.197. The molecular formula is C44H29N3. The Balaban J connectivity index is 1.12. The first-order valence-corrected chi connectivity index (χ1v) is 16.0. The van der Waals surface area contributed by atoms with Crippen molar-refractivity contribution >= 4 is 38.9 Å². The van der Waals surface area contributed by atoms with Crippen LogP contribution in [0, 0.1) is 11.3 Å². The number of nitrogens with zero attached hydrogens (tertiary/aromatic N) is 3. The number of hydrogen-bond donors (Lipinski definition) is 0. The third-order valence-electron chi connectivity index (χ3n) is 9.44. The summed E-state index contributed by atoms with van der Waals surface area (Å²) in [5.41, 5.74) is 15.1. The van der Waals surface area contributed by atoms with Crippen molar-refractivity contribution in [1.82, 2.24) is 4.57 Å². The van der Waals surface area contributed by atoms with E-state index in [-0.39, 0.29) is 0 Å². The van der Waals surface area contributed by atoms with Crippen molar-refractivity contribution in [3.63, 3.8) is 0 Å². The molecule has 3 nitrogen and oxygen atoms in total. The number of rotatable bonds is 5. The molecule has 3 heteroatoms. The van der Waals surface area contributed by atoms with E-state index in [1.807, 2.05) is 24.3 Å². The maximum absolute atomic E-state index is 9.45. The Labute approximate surface area is 273 Å². The Morgan fingerprint density at radius 3 is 1.94 bits per heavy atom. The van der Waals surface area contributed by atoms with Crippen LogP contribution in [-0.2, 0) is 6.42 Å². The van der Waals surface area contributed by atoms with E-state index < -0.39 is 0 Å². The minimum absolute atomic E-state index is 0.650. The molecule has 1 aliphatic carbocycles. The summed E-state index contributed by atoms with van der Waals surface area (Å²) in [6.45, 7) is 0. The maximum atomic E-state index is 9.45. The van der Waals surface area contributed by atoms with Crippen LogP contribution in [0.2, 0.25) is 0 Å². The van der Waals surface area contributed by atoms with Gasteiger partial charge in [-0.3, -0.25) is 0 Å². The zero-order valence-electron chi connectivity index (χ0n) is 25.6. The van der Waals surface area contributed by atoms with Crippen molar-refractivity contribution in [1.29, 1.82) is 5.26 Å². The average Bonchev–Trinajstić information content (AvgIpc) is 3.68. The molecule has 0 unspecified atom stereocenters. The van der Waals surface area contributed by atoms with Crippen molar-refractivity contribution in [2.45, 2.75) is 6.42 Å². The fraction of sp³-hybridized carbons (Fsp3) is 0.0227. The molecule has 0 saturated carbocycles. The summed E-state index contributed by atoms with van der Waals surface area (Å²) in [6, 6.07) is 60.4. The molecule has 0 spiro atoms. The Kier molecular flexibility index (Phi) is 6.26. The Morgan fingerprint density at radius 2 is 1.13 bits per heavy atom. The van der Waals surface area contributed by atoms with Gasteiger partial charge in [0.05, 0.1) is 22.7 Å². The number of benzene rings is 7. The fourth-order valence-corrected chi connectivity index (χ4v) is 7.21. The highest BCUT2D eigenvalue weighted by molar-refractivity contribution is 6.10. The number of nitriles is 1. The van der Waals surface area contributed by atoms with E-state index in [0.29, 0.717) is 5.56 Å². The van der Waals surface area contributed by atoms with E-state index in [1.165, 1.54) is 49.6 Å². The van der Waals surface area contributed by atoms with E-state index in [2.05, 4.69) is 155 Å². The SMILES string of the molecule is N#Cc1ccc(N(c2ccc(-c3ccc4c(c3)c3ccccc3n4-c3ccccc3)cc2)c2ccc3c(c2)Cc2ccccc2-3)cc1. The molecule has 0 N–H and O–H groups in total. The summed E-state index contributed by atoms with van der Waals surface area (Å²) in [4.78, 5) is 2.28. The molecule has 0 fully saturated rings. The molecule has 1 aromatic heterocycles. The monoisotopic (exact) mass is 599 g/mol. The van der Waals surface area contributed by atoms with Crippen LogP contribution in [0.15, 0.2) is 164 Å². The molecule has 0 bridgehead atoms. The second kappa shape index (κ2) is 10.9. The molecule has 8 aromatic rings. The Hall–Kier alpha value is -6.37. The van der Waals surface area contributed by atoms with Gasteiger partial charge in [0, 0.05) is 33.5 Å². The zero-order valence-corrected chi connectivity index (χ0v) is 25.6. The van der Waals surface area contributed by atoms with Gasteiger partial charge in [-0.1, -0.05) is 84.9 Å². The van der Waals surface area contributed by atoms with Crippen LogP contribution in [0.3, 0.4) is 0 Å². The van der Waals surface area contributed by atoms with Gasteiger partial charge in [0.15, 0.2) is 0 Å². The van der Waals surface area contributed by atoms with Gasteiger partial charge in [-0.2, -0.15) is 5.26 Å². The zero-order chi connectivity index (χ0) is 31.3. The smallest absolute Gasteiger partial charge is 0.0991 e. The van der Waals surface area contributed by atoms with Crippen LogP contribution in [0.4, 0.5) is 17.1 Å². The summed E-state index contributed by atoms with van der Waals surface area (Å²) >= 11 is 0. The number of anilines is 3. The molecule has 9 rings (SSSR count). The molecule has 0 saturated heterocycles. The van der Waals surface area contributed by atoms with Crippen LogP contribution in [0.5, 0.6) is 0 Å². The highest BCUT2D eigenvalue weighted by Gasteiger charge is 2.21. The molecule has 1 heterocycles. The Bertz CT molecular complexity index is 2480. The number of hydrogen-bond acceptors (Lipinski definition) is 2. The van der Waals surface area contributed by atoms with Crippen molar-refractivity contribution < 1.29 is 0 Å². The van der Waals surface area contributed by atoms with Gasteiger partial charge >= 0.3 is 0 Å². The van der Waals surface area contributed by atoms with Crippen LogP contribution in [0.25, 0.3) is 49.7 Å². The second-order valence-corrected chi connectivity index (χ2v) is 12.1. The van der Waals surface area contributed by atoms with Crippen LogP contribution < -0.4 is 4.90 Å². The summed E-state index contributed by atoms with van der Waals surface area (Å²) in [6.07, 6.45) is 0.933. The molecular weight excluding hydrogens is 571 g/mol. The molecule has 0 atom stereocenters. The predicted octanol–water partition coefficient (Wildman–Crippen LogP) is 11.4. The lowest BCUT2D eigenvalue weighted by Crippen LogP contribution is -2.10. The van der Waals surface area contributed by atoms with E-state index in [0.717, 1.165) is 34.7 Å². The third-order valence-corrected chi connectivity index (χ3v) is 9.44. The van der Waals surface area contributed by atoms with Crippen molar-refractivity contribution in [3.05, 3.63) is 180 Å². The number of para-hydroxylation sites is 2. The van der Waals surface area contributed by atoms with Gasteiger partial charge in [0.2, 0.25) is 0 Å². The molecule has 220 valence electrons. The number of fused-ring (bicyclic) bond motifs is 6. The van der Waals surface area contributed by atoms with Crippen molar-refractivity contribution in [2.75, 3.05) is 4.90 Å². The van der Waals surface area contributed by atoms with E-state index >= 15 is 0 Å². The lowest BCUT2D eigenvalue weighted by Gasteiger charge is -2.26. The molecule has 0 amide bonds. The van der Waals surface area contributed by atoms with E-state index in [9.17, 15) is 5.26 Å². The molecule has 0 radical (unpaired) electrons. The minimum Gasteiger partial charge on any atom is -0.310 e. The first-order valence-electron chi connectivity index (χ1n) is 16.0. The van der Waals surface area contributed by atoms with Crippen molar-refractivity contribution in [3.8, 4) is 34.0 Å². The summed E-state index contributed by atoms with van der Waals surface area (Å²) in [7, 11) is 0. The topological polar surface area (TPSA) is 32.0 Å². The van der Waals surface area contributed by atoms with E-state index in [4.69, 9.17) is 0 Å². The van der Waals surface area contributed by atoms with Gasteiger partial charge in [0.25, 0.3) is 0 Å².